The molecule has 142 valence electrons. The number of nitrogens with two attached hydrogens (primary N) is 1. The van der Waals surface area contributed by atoms with Gasteiger partial charge in [0.1, 0.15) is 11.4 Å². The number of hydrogen-bond acceptors (Lipinski definition) is 4. The van der Waals surface area contributed by atoms with Crippen LogP contribution in [0, 0.1) is 5.82 Å². The Kier molecular flexibility index (Phi) is 5.65. The van der Waals surface area contributed by atoms with Crippen LogP contribution in [0.25, 0.3) is 5.69 Å². The number of carbonyl (C=O) groups excluding carboxylic acids is 2. The molecule has 0 unspecified atom stereocenters. The Labute approximate surface area is 160 Å². The largest absolute Gasteiger partial charge is 0.365 e. The van der Waals surface area contributed by atoms with Crippen molar-refractivity contribution in [1.82, 2.24) is 9.47 Å². The lowest BCUT2D eigenvalue weighted by molar-refractivity contribution is -0.129. The first-order valence-electron chi connectivity index (χ1n) is 8.61. The zero-order valence-electron chi connectivity index (χ0n) is 14.9. The Morgan fingerprint density at radius 1 is 1.26 bits per heavy atom. The molecule has 1 aromatic carbocycles. The molecule has 2 heterocycles. The first-order chi connectivity index (χ1) is 12.9. The van der Waals surface area contributed by atoms with Gasteiger partial charge in [0.15, 0.2) is 0 Å². The molecule has 1 aliphatic heterocycles. The molecular weight excluding hydrogens is 369 g/mol. The predicted octanol–water partition coefficient (Wildman–Crippen LogP) is 1.71. The van der Waals surface area contributed by atoms with Gasteiger partial charge in [0.25, 0.3) is 11.5 Å². The van der Waals surface area contributed by atoms with Crippen LogP contribution in [0.15, 0.2) is 35.3 Å². The van der Waals surface area contributed by atoms with Crippen LogP contribution in [0.1, 0.15) is 28.4 Å². The van der Waals surface area contributed by atoms with Crippen molar-refractivity contribution in [2.45, 2.75) is 19.9 Å². The maximum atomic E-state index is 13.2. The number of pyridine rings is 1. The molecule has 0 radical (unpaired) electrons. The molecule has 2 aromatic rings. The molecule has 1 aliphatic rings. The number of thioether (sulfide) groups is 1. The fourth-order valence-electron chi connectivity index (χ4n) is 3.20. The summed E-state index contributed by atoms with van der Waals surface area (Å²) < 4.78 is 14.5. The van der Waals surface area contributed by atoms with Crippen molar-refractivity contribution >= 4 is 23.6 Å². The standard InChI is InChI=1S/C19H20FN3O3S/c1-2-27-11-16(24)22-8-7-15-12(9-22)10-23(19(26)17(15)18(21)25)14-5-3-13(20)4-6-14/h3-6,10H,2,7-9,11H2,1H3,(H2,21,25). The first kappa shape index (κ1) is 19.2. The first-order valence-corrected chi connectivity index (χ1v) is 9.76. The monoisotopic (exact) mass is 389 g/mol. The zero-order chi connectivity index (χ0) is 19.6. The molecule has 0 saturated carbocycles. The highest BCUT2D eigenvalue weighted by Gasteiger charge is 2.27. The predicted molar refractivity (Wildman–Crippen MR) is 103 cm³/mol. The Balaban J connectivity index is 2.05. The van der Waals surface area contributed by atoms with Crippen LogP contribution in [0.4, 0.5) is 4.39 Å². The molecule has 0 bridgehead atoms. The number of amides is 2. The van der Waals surface area contributed by atoms with E-state index in [4.69, 9.17) is 5.73 Å². The van der Waals surface area contributed by atoms with Crippen molar-refractivity contribution in [3.8, 4) is 5.69 Å². The van der Waals surface area contributed by atoms with Gasteiger partial charge in [-0.05, 0) is 47.6 Å². The fourth-order valence-corrected chi connectivity index (χ4v) is 3.76. The van der Waals surface area contributed by atoms with E-state index < -0.39 is 17.3 Å². The van der Waals surface area contributed by atoms with Crippen LogP contribution < -0.4 is 11.3 Å². The number of fused-ring (bicyclic) bond motifs is 1. The van der Waals surface area contributed by atoms with Crippen LogP contribution in [-0.4, -0.2) is 39.3 Å². The second-order valence-electron chi connectivity index (χ2n) is 6.23. The lowest BCUT2D eigenvalue weighted by Gasteiger charge is -2.30. The van der Waals surface area contributed by atoms with Gasteiger partial charge in [0.2, 0.25) is 5.91 Å². The summed E-state index contributed by atoms with van der Waals surface area (Å²) in [6, 6.07) is 5.39. The molecule has 2 amide bonds. The van der Waals surface area contributed by atoms with E-state index >= 15 is 0 Å². The highest BCUT2D eigenvalue weighted by molar-refractivity contribution is 7.99. The lowest BCUT2D eigenvalue weighted by Crippen LogP contribution is -2.41. The smallest absolute Gasteiger partial charge is 0.268 e. The number of halogens is 1. The third kappa shape index (κ3) is 3.90. The Hall–Kier alpha value is -2.61. The van der Waals surface area contributed by atoms with Crippen molar-refractivity contribution in [1.29, 1.82) is 0 Å². The van der Waals surface area contributed by atoms with Gasteiger partial charge in [-0.25, -0.2) is 4.39 Å². The van der Waals surface area contributed by atoms with Crippen LogP contribution >= 0.6 is 11.8 Å². The molecular formula is C19H20FN3O3S. The molecule has 0 aliphatic carbocycles. The summed E-state index contributed by atoms with van der Waals surface area (Å²) in [5.41, 5.74) is 6.60. The average Bonchev–Trinajstić information content (AvgIpc) is 2.65. The summed E-state index contributed by atoms with van der Waals surface area (Å²) in [4.78, 5) is 38.8. The molecule has 1 aromatic heterocycles. The number of primary amides is 1. The molecule has 8 heteroatoms. The third-order valence-corrected chi connectivity index (χ3v) is 5.39. The zero-order valence-corrected chi connectivity index (χ0v) is 15.7. The molecule has 6 nitrogen and oxygen atoms in total. The minimum absolute atomic E-state index is 0.0210. The Morgan fingerprint density at radius 2 is 1.96 bits per heavy atom. The van der Waals surface area contributed by atoms with Gasteiger partial charge in [0.05, 0.1) is 5.75 Å². The lowest BCUT2D eigenvalue weighted by atomic mass is 9.96. The van der Waals surface area contributed by atoms with Crippen LogP contribution in [0.3, 0.4) is 0 Å². The van der Waals surface area contributed by atoms with Crippen molar-refractivity contribution < 1.29 is 14.0 Å². The molecule has 0 atom stereocenters. The summed E-state index contributed by atoms with van der Waals surface area (Å²) in [6.45, 7) is 2.74. The minimum Gasteiger partial charge on any atom is -0.365 e. The maximum absolute atomic E-state index is 13.2. The number of aromatic nitrogens is 1. The van der Waals surface area contributed by atoms with E-state index in [0.29, 0.717) is 42.1 Å². The number of nitrogens with zero attached hydrogens (tertiary/aromatic N) is 2. The topological polar surface area (TPSA) is 85.4 Å². The third-order valence-electron chi connectivity index (χ3n) is 4.53. The molecule has 27 heavy (non-hydrogen) atoms. The van der Waals surface area contributed by atoms with Gasteiger partial charge in [-0.2, -0.15) is 11.8 Å². The van der Waals surface area contributed by atoms with E-state index in [1.165, 1.54) is 28.8 Å². The summed E-state index contributed by atoms with van der Waals surface area (Å²) >= 11 is 1.55. The van der Waals surface area contributed by atoms with Gasteiger partial charge >= 0.3 is 0 Å². The molecule has 0 saturated heterocycles. The summed E-state index contributed by atoms with van der Waals surface area (Å²) in [5.74, 6) is 0.0462. The van der Waals surface area contributed by atoms with Crippen LogP contribution in [0.5, 0.6) is 0 Å². The average molecular weight is 389 g/mol. The SMILES string of the molecule is CCSCC(=O)N1CCc2c(cn(-c3ccc(F)cc3)c(=O)c2C(N)=O)C1. The molecule has 3 rings (SSSR count). The summed E-state index contributed by atoms with van der Waals surface area (Å²) in [6.07, 6.45) is 2.01. The van der Waals surface area contributed by atoms with Gasteiger partial charge in [-0.15, -0.1) is 0 Å². The second kappa shape index (κ2) is 7.96. The maximum Gasteiger partial charge on any atom is 0.268 e. The fraction of sp³-hybridized carbons (Fsp3) is 0.316. The second-order valence-corrected chi connectivity index (χ2v) is 7.50. The van der Waals surface area contributed by atoms with E-state index in [0.717, 1.165) is 5.75 Å². The molecule has 0 fully saturated rings. The van der Waals surface area contributed by atoms with Gasteiger partial charge in [0, 0.05) is 25.0 Å². The van der Waals surface area contributed by atoms with Crippen molar-refractivity contribution in [3.05, 3.63) is 63.3 Å². The summed E-state index contributed by atoms with van der Waals surface area (Å²) in [5, 5.41) is 0. The van der Waals surface area contributed by atoms with Crippen LogP contribution in [0.2, 0.25) is 0 Å². The van der Waals surface area contributed by atoms with Crippen molar-refractivity contribution in [2.24, 2.45) is 5.73 Å². The normalized spacial score (nSPS) is 13.3. The highest BCUT2D eigenvalue weighted by atomic mass is 32.2. The van der Waals surface area contributed by atoms with Gasteiger partial charge in [-0.1, -0.05) is 6.92 Å². The molecule has 0 spiro atoms. The van der Waals surface area contributed by atoms with E-state index in [9.17, 15) is 18.8 Å². The quantitative estimate of drug-likeness (QED) is 0.844. The Bertz CT molecular complexity index is 940. The summed E-state index contributed by atoms with van der Waals surface area (Å²) in [7, 11) is 0. The van der Waals surface area contributed by atoms with E-state index in [1.807, 2.05) is 6.92 Å². The highest BCUT2D eigenvalue weighted by Crippen LogP contribution is 2.22. The van der Waals surface area contributed by atoms with Gasteiger partial charge in [-0.3, -0.25) is 19.0 Å². The number of rotatable bonds is 5. The van der Waals surface area contributed by atoms with Gasteiger partial charge < -0.3 is 10.6 Å². The number of benzene rings is 1. The van der Waals surface area contributed by atoms with E-state index in [-0.39, 0.29) is 11.5 Å². The number of hydrogen-bond donors (Lipinski definition) is 1. The van der Waals surface area contributed by atoms with E-state index in [1.54, 1.807) is 22.9 Å². The molecule has 2 N–H and O–H groups in total. The van der Waals surface area contributed by atoms with Crippen LogP contribution in [-0.2, 0) is 17.8 Å². The minimum atomic E-state index is -0.797. The Morgan fingerprint density at radius 3 is 2.59 bits per heavy atom. The van der Waals surface area contributed by atoms with Crippen molar-refractivity contribution in [2.75, 3.05) is 18.1 Å². The number of carbonyl (C=O) groups is 2. The van der Waals surface area contributed by atoms with E-state index in [2.05, 4.69) is 0 Å². The van der Waals surface area contributed by atoms with Crippen molar-refractivity contribution in [3.63, 3.8) is 0 Å².